The minimum atomic E-state index is -0.465. The van der Waals surface area contributed by atoms with E-state index in [1.165, 1.54) is 22.3 Å². The normalized spacial score (nSPS) is 17.1. The highest BCUT2D eigenvalue weighted by Gasteiger charge is 2.34. The zero-order chi connectivity index (χ0) is 24.9. The summed E-state index contributed by atoms with van der Waals surface area (Å²) in [5.41, 5.74) is 2.04. The lowest BCUT2D eigenvalue weighted by Crippen LogP contribution is -2.35. The largest absolute Gasteiger partial charge is 0.493 e. The van der Waals surface area contributed by atoms with Crippen molar-refractivity contribution in [1.82, 2.24) is 5.01 Å². The van der Waals surface area contributed by atoms with Gasteiger partial charge in [-0.1, -0.05) is 38.1 Å². The Labute approximate surface area is 209 Å². The molecular weight excluding hydrogens is 464 g/mol. The van der Waals surface area contributed by atoms with Crippen LogP contribution in [0.15, 0.2) is 58.1 Å². The average molecular weight is 493 g/mol. The summed E-state index contributed by atoms with van der Waals surface area (Å²) in [6.07, 6.45) is 2.65. The Morgan fingerprint density at radius 3 is 2.60 bits per heavy atom. The molecule has 35 heavy (non-hydrogen) atoms. The van der Waals surface area contributed by atoms with E-state index in [1.54, 1.807) is 31.4 Å². The van der Waals surface area contributed by atoms with Crippen molar-refractivity contribution in [2.24, 2.45) is 10.1 Å². The molecule has 1 amide bonds. The molecule has 1 atom stereocenters. The quantitative estimate of drug-likeness (QED) is 0.377. The van der Waals surface area contributed by atoms with E-state index < -0.39 is 5.91 Å². The van der Waals surface area contributed by atoms with Crippen LogP contribution in [-0.2, 0) is 4.79 Å². The molecule has 4 rings (SSSR count). The number of carbonyl (C=O) groups excluding carboxylic acids is 1. The fourth-order valence-corrected chi connectivity index (χ4v) is 4.42. The zero-order valence-corrected chi connectivity index (χ0v) is 21.0. The van der Waals surface area contributed by atoms with Gasteiger partial charge in [-0.2, -0.15) is 15.1 Å². The van der Waals surface area contributed by atoms with E-state index >= 15 is 0 Å². The van der Waals surface area contributed by atoms with Crippen LogP contribution < -0.4 is 14.2 Å². The molecule has 2 heterocycles. The summed E-state index contributed by atoms with van der Waals surface area (Å²) in [5, 5.41) is 15.2. The molecule has 8 nitrogen and oxygen atoms in total. The van der Waals surface area contributed by atoms with Crippen LogP contribution in [-0.4, -0.2) is 47.3 Å². The first-order chi connectivity index (χ1) is 16.9. The fraction of sp³-hybridized carbons (Fsp3) is 0.308. The third kappa shape index (κ3) is 5.40. The van der Waals surface area contributed by atoms with Crippen LogP contribution in [0, 0.1) is 5.41 Å². The number of fused-ring (bicyclic) bond motifs is 1. The SMILES string of the molecule is CC[C@H](C)c1ccccc1OCCOc1ccc(/C=C2/C(=N)N3N=C(C)SC3=NC2=O)cc1OC. The molecule has 2 aliphatic heterocycles. The first-order valence-corrected chi connectivity index (χ1v) is 12.2. The van der Waals surface area contributed by atoms with Crippen molar-refractivity contribution in [3.8, 4) is 17.2 Å². The number of methoxy groups -OCH3 is 1. The maximum Gasteiger partial charge on any atom is 0.283 e. The number of thioether (sulfide) groups is 1. The van der Waals surface area contributed by atoms with E-state index in [1.807, 2.05) is 25.1 Å². The molecule has 0 fully saturated rings. The molecule has 1 N–H and O–H groups in total. The topological polar surface area (TPSA) is 96.6 Å². The van der Waals surface area contributed by atoms with Crippen LogP contribution in [0.3, 0.4) is 0 Å². The number of rotatable bonds is 9. The van der Waals surface area contributed by atoms with Gasteiger partial charge in [-0.15, -0.1) is 0 Å². The first kappa shape index (κ1) is 24.5. The monoisotopic (exact) mass is 492 g/mol. The van der Waals surface area contributed by atoms with Crippen molar-refractivity contribution in [1.29, 1.82) is 5.41 Å². The van der Waals surface area contributed by atoms with Gasteiger partial charge in [-0.3, -0.25) is 10.2 Å². The molecule has 0 spiro atoms. The molecule has 2 aromatic carbocycles. The Kier molecular flexibility index (Phi) is 7.55. The van der Waals surface area contributed by atoms with Gasteiger partial charge < -0.3 is 14.2 Å². The average Bonchev–Trinajstić information content (AvgIpc) is 3.24. The summed E-state index contributed by atoms with van der Waals surface area (Å²) in [5.74, 6) is 1.91. The minimum absolute atomic E-state index is 0.00142. The third-order valence-electron chi connectivity index (χ3n) is 5.71. The number of aliphatic imine (C=N–C) groups is 1. The van der Waals surface area contributed by atoms with Gasteiger partial charge in [-0.25, -0.2) is 0 Å². The van der Waals surface area contributed by atoms with E-state index in [4.69, 9.17) is 19.6 Å². The number of nitrogens with zero attached hydrogens (tertiary/aromatic N) is 3. The highest BCUT2D eigenvalue weighted by atomic mass is 32.2. The van der Waals surface area contributed by atoms with Gasteiger partial charge in [0.1, 0.15) is 19.0 Å². The lowest BCUT2D eigenvalue weighted by molar-refractivity contribution is -0.114. The molecule has 0 aromatic heterocycles. The smallest absolute Gasteiger partial charge is 0.283 e. The Bertz CT molecular complexity index is 1240. The molecule has 2 aliphatic rings. The summed E-state index contributed by atoms with van der Waals surface area (Å²) < 4.78 is 17.4. The molecule has 182 valence electrons. The number of hydrazone groups is 1. The Morgan fingerprint density at radius 1 is 1.11 bits per heavy atom. The van der Waals surface area contributed by atoms with E-state index in [-0.39, 0.29) is 11.4 Å². The number of hydrogen-bond acceptors (Lipinski definition) is 7. The lowest BCUT2D eigenvalue weighted by atomic mass is 9.98. The summed E-state index contributed by atoms with van der Waals surface area (Å²) in [6.45, 7) is 6.89. The molecule has 0 saturated heterocycles. The van der Waals surface area contributed by atoms with Gasteiger partial charge in [-0.05, 0) is 66.4 Å². The van der Waals surface area contributed by atoms with Crippen LogP contribution in [0.2, 0.25) is 0 Å². The molecule has 2 aromatic rings. The van der Waals surface area contributed by atoms with Crippen LogP contribution in [0.1, 0.15) is 44.2 Å². The van der Waals surface area contributed by atoms with Crippen molar-refractivity contribution in [3.05, 3.63) is 59.2 Å². The maximum absolute atomic E-state index is 12.5. The Hall–Kier alpha value is -3.59. The number of amides is 1. The van der Waals surface area contributed by atoms with Crippen LogP contribution in [0.4, 0.5) is 0 Å². The number of hydrogen-bond donors (Lipinski definition) is 1. The predicted molar refractivity (Wildman–Crippen MR) is 140 cm³/mol. The standard InChI is InChI=1S/C26H28N4O4S/c1-5-16(2)19-8-6-7-9-21(19)33-12-13-34-22-11-10-18(15-23(22)32-4)14-20-24(27)30-26(28-25(20)31)35-17(3)29-30/h6-11,14-16,27H,5,12-13H2,1-4H3/b20-14-,27-24?/t16-/m0/s1. The van der Waals surface area contributed by atoms with E-state index in [0.717, 1.165) is 17.2 Å². The number of para-hydroxylation sites is 1. The van der Waals surface area contributed by atoms with Gasteiger partial charge in [0.15, 0.2) is 17.3 Å². The van der Waals surface area contributed by atoms with Crippen LogP contribution >= 0.6 is 11.8 Å². The lowest BCUT2D eigenvalue weighted by Gasteiger charge is -2.20. The number of carbonyl (C=O) groups is 1. The third-order valence-corrected chi connectivity index (χ3v) is 6.54. The highest BCUT2D eigenvalue weighted by molar-refractivity contribution is 8.26. The second-order valence-electron chi connectivity index (χ2n) is 8.09. The molecule has 0 saturated carbocycles. The number of nitrogens with one attached hydrogen (secondary N) is 1. The van der Waals surface area contributed by atoms with Gasteiger partial charge >= 0.3 is 0 Å². The first-order valence-electron chi connectivity index (χ1n) is 11.4. The van der Waals surface area contributed by atoms with Crippen molar-refractivity contribution >= 4 is 39.8 Å². The molecule has 9 heteroatoms. The number of amidine groups is 2. The number of ether oxygens (including phenoxy) is 3. The van der Waals surface area contributed by atoms with Gasteiger partial charge in [0.05, 0.1) is 17.7 Å². The van der Waals surface area contributed by atoms with E-state index in [9.17, 15) is 4.79 Å². The number of benzene rings is 2. The van der Waals surface area contributed by atoms with Crippen molar-refractivity contribution in [2.75, 3.05) is 20.3 Å². The maximum atomic E-state index is 12.5. The zero-order valence-electron chi connectivity index (χ0n) is 20.2. The summed E-state index contributed by atoms with van der Waals surface area (Å²) >= 11 is 1.27. The molecule has 0 radical (unpaired) electrons. The van der Waals surface area contributed by atoms with Crippen LogP contribution in [0.25, 0.3) is 6.08 Å². The summed E-state index contributed by atoms with van der Waals surface area (Å²) in [7, 11) is 1.56. The molecular formula is C26H28N4O4S. The van der Waals surface area contributed by atoms with Crippen LogP contribution in [0.5, 0.6) is 17.2 Å². The van der Waals surface area contributed by atoms with Gasteiger partial charge in [0, 0.05) is 0 Å². The second kappa shape index (κ2) is 10.8. The molecule has 0 bridgehead atoms. The minimum Gasteiger partial charge on any atom is -0.493 e. The second-order valence-corrected chi connectivity index (χ2v) is 9.25. The fourth-order valence-electron chi connectivity index (χ4n) is 3.69. The predicted octanol–water partition coefficient (Wildman–Crippen LogP) is 5.31. The van der Waals surface area contributed by atoms with Gasteiger partial charge in [0.25, 0.3) is 5.91 Å². The van der Waals surface area contributed by atoms with Crippen molar-refractivity contribution in [3.63, 3.8) is 0 Å². The van der Waals surface area contributed by atoms with Gasteiger partial charge in [0.2, 0.25) is 5.17 Å². The molecule has 0 aliphatic carbocycles. The van der Waals surface area contributed by atoms with E-state index in [2.05, 4.69) is 30.0 Å². The summed E-state index contributed by atoms with van der Waals surface area (Å²) in [6, 6.07) is 13.4. The van der Waals surface area contributed by atoms with Crippen molar-refractivity contribution < 1.29 is 19.0 Å². The van der Waals surface area contributed by atoms with E-state index in [0.29, 0.717) is 41.4 Å². The Balaban J connectivity index is 1.42. The highest BCUT2D eigenvalue weighted by Crippen LogP contribution is 2.32. The molecule has 0 unspecified atom stereocenters. The van der Waals surface area contributed by atoms with Crippen molar-refractivity contribution in [2.45, 2.75) is 33.1 Å². The summed E-state index contributed by atoms with van der Waals surface area (Å²) in [4.78, 5) is 16.6. The Morgan fingerprint density at radius 2 is 1.86 bits per heavy atom.